The molecule has 1 amide bonds. The SMILES string of the molecule is Cc1ccc(S(=O)(=O)N2CCCC2C(=O)N=C2N=C3C=CC(Cl)=CN3Cc3ccccc32)cc1. The van der Waals surface area contributed by atoms with Gasteiger partial charge in [0.25, 0.3) is 5.91 Å². The molecule has 0 spiro atoms. The summed E-state index contributed by atoms with van der Waals surface area (Å²) in [6, 6.07) is 13.4. The van der Waals surface area contributed by atoms with Crippen molar-refractivity contribution in [2.75, 3.05) is 6.54 Å². The fourth-order valence-electron chi connectivity index (χ4n) is 4.35. The van der Waals surface area contributed by atoms with Crippen molar-refractivity contribution in [1.82, 2.24) is 9.21 Å². The third-order valence-electron chi connectivity index (χ3n) is 6.12. The van der Waals surface area contributed by atoms with Crippen molar-refractivity contribution in [3.05, 3.63) is 88.6 Å². The number of aliphatic imine (C=N–C) groups is 2. The van der Waals surface area contributed by atoms with Crippen molar-refractivity contribution in [2.45, 2.75) is 37.2 Å². The Morgan fingerprint density at radius 2 is 1.88 bits per heavy atom. The second kappa shape index (κ2) is 8.94. The summed E-state index contributed by atoms with van der Waals surface area (Å²) >= 11 is 6.17. The van der Waals surface area contributed by atoms with Gasteiger partial charge in [-0.05, 0) is 49.6 Å². The topological polar surface area (TPSA) is 82.4 Å². The lowest BCUT2D eigenvalue weighted by atomic mass is 10.1. The number of rotatable bonds is 3. The molecule has 2 aromatic carbocycles. The molecule has 1 unspecified atom stereocenters. The largest absolute Gasteiger partial charge is 0.327 e. The summed E-state index contributed by atoms with van der Waals surface area (Å²) in [5, 5.41) is 0.579. The summed E-state index contributed by atoms with van der Waals surface area (Å²) in [6.45, 7) is 2.70. The maximum absolute atomic E-state index is 13.4. The van der Waals surface area contributed by atoms with E-state index in [1.165, 1.54) is 4.31 Å². The maximum Gasteiger partial charge on any atom is 0.266 e. The van der Waals surface area contributed by atoms with Crippen LogP contribution in [0.25, 0.3) is 0 Å². The normalized spacial score (nSPS) is 21.5. The molecule has 5 rings (SSSR count). The second-order valence-corrected chi connectivity index (χ2v) is 10.8. The van der Waals surface area contributed by atoms with E-state index in [0.717, 1.165) is 16.7 Å². The molecule has 3 aliphatic heterocycles. The first-order chi connectivity index (χ1) is 16.3. The van der Waals surface area contributed by atoms with E-state index in [1.54, 1.807) is 42.6 Å². The highest BCUT2D eigenvalue weighted by molar-refractivity contribution is 7.89. The summed E-state index contributed by atoms with van der Waals surface area (Å²) in [6.07, 6.45) is 6.31. The Morgan fingerprint density at radius 3 is 2.68 bits per heavy atom. The number of fused-ring (bicyclic) bond motifs is 2. The van der Waals surface area contributed by atoms with Crippen LogP contribution in [0.3, 0.4) is 0 Å². The van der Waals surface area contributed by atoms with E-state index in [9.17, 15) is 13.2 Å². The summed E-state index contributed by atoms with van der Waals surface area (Å²) in [7, 11) is -3.82. The molecular weight excluding hydrogens is 472 g/mol. The Labute approximate surface area is 203 Å². The number of hydrogen-bond acceptors (Lipinski definition) is 4. The van der Waals surface area contributed by atoms with E-state index in [2.05, 4.69) is 9.98 Å². The first kappa shape index (κ1) is 22.7. The fourth-order valence-corrected chi connectivity index (χ4v) is 6.18. The van der Waals surface area contributed by atoms with Crippen molar-refractivity contribution in [3.63, 3.8) is 0 Å². The molecular formula is C25H23ClN4O3S. The minimum Gasteiger partial charge on any atom is -0.327 e. The Morgan fingerprint density at radius 1 is 1.12 bits per heavy atom. The number of benzene rings is 2. The van der Waals surface area contributed by atoms with Gasteiger partial charge in [-0.1, -0.05) is 53.6 Å². The van der Waals surface area contributed by atoms with Crippen molar-refractivity contribution >= 4 is 39.2 Å². The average molecular weight is 495 g/mol. The summed E-state index contributed by atoms with van der Waals surface area (Å²) in [5.74, 6) is 0.376. The molecule has 0 aliphatic carbocycles. The van der Waals surface area contributed by atoms with Gasteiger partial charge in [0.15, 0.2) is 5.84 Å². The quantitative estimate of drug-likeness (QED) is 0.646. The Kier molecular flexibility index (Phi) is 5.97. The molecule has 1 saturated heterocycles. The third-order valence-corrected chi connectivity index (χ3v) is 8.26. The van der Waals surface area contributed by atoms with Crippen LogP contribution in [0.15, 0.2) is 86.8 Å². The lowest BCUT2D eigenvalue weighted by Crippen LogP contribution is -2.40. The number of aryl methyl sites for hydroxylation is 1. The number of hydrogen-bond donors (Lipinski definition) is 0. The van der Waals surface area contributed by atoms with Gasteiger partial charge in [0.05, 0.1) is 9.93 Å². The van der Waals surface area contributed by atoms with Crippen LogP contribution in [0.4, 0.5) is 0 Å². The van der Waals surface area contributed by atoms with Crippen LogP contribution in [0.1, 0.15) is 29.5 Å². The molecule has 174 valence electrons. The minimum absolute atomic E-state index is 0.178. The number of nitrogens with zero attached hydrogens (tertiary/aromatic N) is 4. The van der Waals surface area contributed by atoms with E-state index in [-0.39, 0.29) is 17.3 Å². The second-order valence-electron chi connectivity index (χ2n) is 8.46. The van der Waals surface area contributed by atoms with Gasteiger partial charge < -0.3 is 4.90 Å². The zero-order chi connectivity index (χ0) is 23.9. The average Bonchev–Trinajstić information content (AvgIpc) is 3.27. The molecule has 3 aliphatic rings. The number of allylic oxidation sites excluding steroid dienone is 2. The Balaban J connectivity index is 1.51. The molecule has 3 heterocycles. The highest BCUT2D eigenvalue weighted by Gasteiger charge is 2.39. The number of sulfonamides is 1. The first-order valence-electron chi connectivity index (χ1n) is 11.0. The van der Waals surface area contributed by atoms with Crippen molar-refractivity contribution in [2.24, 2.45) is 9.98 Å². The third kappa shape index (κ3) is 4.24. The Hall–Kier alpha value is -3.07. The van der Waals surface area contributed by atoms with Crippen molar-refractivity contribution in [3.8, 4) is 0 Å². The molecule has 34 heavy (non-hydrogen) atoms. The molecule has 0 bridgehead atoms. The van der Waals surface area contributed by atoms with E-state index in [0.29, 0.717) is 30.3 Å². The maximum atomic E-state index is 13.4. The number of halogens is 1. The fraction of sp³-hybridized carbons (Fsp3) is 0.240. The number of carbonyl (C=O) groups excluding carboxylic acids is 1. The predicted octanol–water partition coefficient (Wildman–Crippen LogP) is 3.99. The minimum atomic E-state index is -3.82. The zero-order valence-corrected chi connectivity index (χ0v) is 20.1. The van der Waals surface area contributed by atoms with Crippen LogP contribution < -0.4 is 0 Å². The molecule has 0 N–H and O–H groups in total. The molecule has 0 saturated carbocycles. The number of amides is 1. The lowest BCUT2D eigenvalue weighted by molar-refractivity contribution is -0.120. The molecule has 1 atom stereocenters. The van der Waals surface area contributed by atoms with E-state index >= 15 is 0 Å². The van der Waals surface area contributed by atoms with Crippen LogP contribution >= 0.6 is 11.6 Å². The van der Waals surface area contributed by atoms with Gasteiger partial charge in [0.2, 0.25) is 10.0 Å². The molecule has 2 aromatic rings. The summed E-state index contributed by atoms with van der Waals surface area (Å²) in [4.78, 5) is 24.5. The van der Waals surface area contributed by atoms with Crippen molar-refractivity contribution < 1.29 is 13.2 Å². The van der Waals surface area contributed by atoms with E-state index in [4.69, 9.17) is 11.6 Å². The summed E-state index contributed by atoms with van der Waals surface area (Å²) < 4.78 is 27.8. The van der Waals surface area contributed by atoms with Crippen LogP contribution in [-0.4, -0.2) is 47.8 Å². The van der Waals surface area contributed by atoms with Gasteiger partial charge in [-0.25, -0.2) is 13.4 Å². The van der Waals surface area contributed by atoms with Crippen LogP contribution in [0.5, 0.6) is 0 Å². The van der Waals surface area contributed by atoms with Crippen LogP contribution in [0, 0.1) is 6.92 Å². The Bertz CT molecular complexity index is 1380. The van der Waals surface area contributed by atoms with Crippen LogP contribution in [-0.2, 0) is 21.4 Å². The van der Waals surface area contributed by atoms with Gasteiger partial charge in [-0.15, -0.1) is 0 Å². The smallest absolute Gasteiger partial charge is 0.266 e. The predicted molar refractivity (Wildman–Crippen MR) is 132 cm³/mol. The molecule has 0 radical (unpaired) electrons. The summed E-state index contributed by atoms with van der Waals surface area (Å²) in [5.41, 5.74) is 2.65. The van der Waals surface area contributed by atoms with Gasteiger partial charge in [-0.2, -0.15) is 9.30 Å². The number of carbonyl (C=O) groups is 1. The lowest BCUT2D eigenvalue weighted by Gasteiger charge is -2.22. The molecule has 7 nitrogen and oxygen atoms in total. The van der Waals surface area contributed by atoms with E-state index in [1.807, 2.05) is 36.1 Å². The first-order valence-corrected chi connectivity index (χ1v) is 12.8. The van der Waals surface area contributed by atoms with Gasteiger partial charge in [0, 0.05) is 24.9 Å². The van der Waals surface area contributed by atoms with Crippen LogP contribution in [0.2, 0.25) is 0 Å². The molecule has 1 fully saturated rings. The number of amidine groups is 2. The van der Waals surface area contributed by atoms with Crippen molar-refractivity contribution in [1.29, 1.82) is 0 Å². The van der Waals surface area contributed by atoms with E-state index < -0.39 is 22.0 Å². The molecule has 0 aromatic heterocycles. The van der Waals surface area contributed by atoms with Gasteiger partial charge in [0.1, 0.15) is 11.9 Å². The monoisotopic (exact) mass is 494 g/mol. The van der Waals surface area contributed by atoms with Gasteiger partial charge in [-0.3, -0.25) is 4.79 Å². The highest BCUT2D eigenvalue weighted by Crippen LogP contribution is 2.28. The van der Waals surface area contributed by atoms with Gasteiger partial charge >= 0.3 is 0 Å². The zero-order valence-electron chi connectivity index (χ0n) is 18.6. The standard InChI is InChI=1S/C25H23ClN4O3S/c1-17-8-11-20(12-9-17)34(32,33)30-14-4-7-22(30)25(31)28-24-21-6-3-2-5-18(21)15-29-16-19(26)10-13-23(29)27-24/h2-3,5-6,8-13,16,22H,4,7,14-15H2,1H3. The highest BCUT2D eigenvalue weighted by atomic mass is 35.5. The molecule has 9 heteroatoms.